The van der Waals surface area contributed by atoms with Gasteiger partial charge in [0.1, 0.15) is 0 Å². The standard InChI is InChI=1S/C22H32O2/c1-13(2)17-7-8-18-16-6-5-14-11-15(23)9-10-21(14,3)20(16)19(24)12-22(17,18)4/h11,16-20,24H,1,5-10,12H2,2-4H3/t16-,17+,18-,19?,20+,21-,22+/m0/s1. The Kier molecular flexibility index (Phi) is 3.66. The van der Waals surface area contributed by atoms with Crippen molar-refractivity contribution in [3.63, 3.8) is 0 Å². The molecule has 24 heavy (non-hydrogen) atoms. The highest BCUT2D eigenvalue weighted by Crippen LogP contribution is 2.67. The van der Waals surface area contributed by atoms with Crippen LogP contribution in [0.4, 0.5) is 0 Å². The lowest BCUT2D eigenvalue weighted by molar-refractivity contribution is -0.131. The average Bonchev–Trinajstić information content (AvgIpc) is 2.84. The molecule has 0 aromatic carbocycles. The van der Waals surface area contributed by atoms with E-state index in [1.54, 1.807) is 0 Å². The molecule has 0 aliphatic heterocycles. The Morgan fingerprint density at radius 3 is 2.71 bits per heavy atom. The van der Waals surface area contributed by atoms with Crippen LogP contribution in [0.2, 0.25) is 0 Å². The molecule has 4 rings (SSSR count). The van der Waals surface area contributed by atoms with Crippen molar-refractivity contribution >= 4 is 5.78 Å². The molecule has 4 aliphatic rings. The first kappa shape index (κ1) is 16.6. The van der Waals surface area contributed by atoms with Crippen molar-refractivity contribution in [3.05, 3.63) is 23.8 Å². The molecule has 0 spiro atoms. The lowest BCUT2D eigenvalue weighted by atomic mass is 9.46. The van der Waals surface area contributed by atoms with E-state index in [0.717, 1.165) is 25.7 Å². The number of fused-ring (bicyclic) bond motifs is 5. The maximum Gasteiger partial charge on any atom is 0.155 e. The zero-order valence-corrected chi connectivity index (χ0v) is 15.5. The second-order valence-corrected chi connectivity index (χ2v) is 9.64. The maximum atomic E-state index is 11.9. The number of allylic oxidation sites excluding steroid dienone is 2. The van der Waals surface area contributed by atoms with Crippen molar-refractivity contribution in [1.29, 1.82) is 0 Å². The third kappa shape index (κ3) is 2.08. The van der Waals surface area contributed by atoms with Crippen LogP contribution in [0.3, 0.4) is 0 Å². The molecule has 0 radical (unpaired) electrons. The summed E-state index contributed by atoms with van der Waals surface area (Å²) in [5, 5.41) is 11.2. The van der Waals surface area contributed by atoms with E-state index in [1.165, 1.54) is 24.0 Å². The topological polar surface area (TPSA) is 37.3 Å². The molecule has 3 saturated carbocycles. The van der Waals surface area contributed by atoms with Gasteiger partial charge in [-0.25, -0.2) is 0 Å². The number of ketones is 1. The summed E-state index contributed by atoms with van der Waals surface area (Å²) in [5.74, 6) is 2.52. The first-order valence-electron chi connectivity index (χ1n) is 9.85. The number of hydrogen-bond donors (Lipinski definition) is 1. The third-order valence-corrected chi connectivity index (χ3v) is 8.49. The van der Waals surface area contributed by atoms with E-state index < -0.39 is 0 Å². The van der Waals surface area contributed by atoms with E-state index >= 15 is 0 Å². The van der Waals surface area contributed by atoms with E-state index in [2.05, 4.69) is 27.4 Å². The summed E-state index contributed by atoms with van der Waals surface area (Å²) in [5.41, 5.74) is 2.89. The molecule has 1 unspecified atom stereocenters. The Labute approximate surface area is 146 Å². The van der Waals surface area contributed by atoms with Gasteiger partial charge in [-0.15, -0.1) is 0 Å². The van der Waals surface area contributed by atoms with Crippen LogP contribution >= 0.6 is 0 Å². The van der Waals surface area contributed by atoms with Gasteiger partial charge in [-0.1, -0.05) is 31.6 Å². The van der Waals surface area contributed by atoms with Crippen LogP contribution in [0.1, 0.15) is 65.7 Å². The van der Waals surface area contributed by atoms with Gasteiger partial charge in [-0.2, -0.15) is 0 Å². The zero-order valence-electron chi connectivity index (χ0n) is 15.5. The quantitative estimate of drug-likeness (QED) is 0.710. The Balaban J connectivity index is 1.72. The molecule has 0 bridgehead atoms. The summed E-state index contributed by atoms with van der Waals surface area (Å²) in [7, 11) is 0. The number of aliphatic hydroxyl groups is 1. The first-order valence-corrected chi connectivity index (χ1v) is 9.85. The molecule has 0 amide bonds. The summed E-state index contributed by atoms with van der Waals surface area (Å²) in [4.78, 5) is 11.9. The fourth-order valence-corrected chi connectivity index (χ4v) is 7.50. The summed E-state index contributed by atoms with van der Waals surface area (Å²) in [6.45, 7) is 11.2. The lowest BCUT2D eigenvalue weighted by Crippen LogP contribution is -2.56. The van der Waals surface area contributed by atoms with E-state index in [1.807, 2.05) is 6.08 Å². The smallest absolute Gasteiger partial charge is 0.155 e. The number of aliphatic hydroxyl groups excluding tert-OH is 1. The normalized spacial score (nSPS) is 50.6. The Hall–Kier alpha value is -0.890. The van der Waals surface area contributed by atoms with Crippen LogP contribution in [-0.4, -0.2) is 17.0 Å². The van der Waals surface area contributed by atoms with Crippen LogP contribution in [0.25, 0.3) is 0 Å². The van der Waals surface area contributed by atoms with E-state index in [4.69, 9.17) is 0 Å². The molecular weight excluding hydrogens is 296 g/mol. The summed E-state index contributed by atoms with van der Waals surface area (Å²) in [6.07, 6.45) is 8.92. The molecule has 0 saturated heterocycles. The van der Waals surface area contributed by atoms with Crippen molar-refractivity contribution in [2.75, 3.05) is 0 Å². The third-order valence-electron chi connectivity index (χ3n) is 8.49. The van der Waals surface area contributed by atoms with Crippen molar-refractivity contribution in [2.45, 2.75) is 71.8 Å². The molecule has 4 aliphatic carbocycles. The summed E-state index contributed by atoms with van der Waals surface area (Å²) < 4.78 is 0. The molecule has 2 heteroatoms. The zero-order chi connectivity index (χ0) is 17.3. The van der Waals surface area contributed by atoms with Crippen LogP contribution in [-0.2, 0) is 4.79 Å². The molecule has 1 N–H and O–H groups in total. The number of carbonyl (C=O) groups excluding carboxylic acids is 1. The fourth-order valence-electron chi connectivity index (χ4n) is 7.50. The Morgan fingerprint density at radius 1 is 1.25 bits per heavy atom. The first-order chi connectivity index (χ1) is 11.3. The summed E-state index contributed by atoms with van der Waals surface area (Å²) >= 11 is 0. The van der Waals surface area contributed by atoms with E-state index in [9.17, 15) is 9.90 Å². The van der Waals surface area contributed by atoms with E-state index in [0.29, 0.717) is 35.9 Å². The number of hydrogen-bond acceptors (Lipinski definition) is 2. The Bertz CT molecular complexity index is 617. The minimum atomic E-state index is -0.238. The van der Waals surface area contributed by atoms with Crippen molar-refractivity contribution in [2.24, 2.45) is 34.5 Å². The largest absolute Gasteiger partial charge is 0.393 e. The summed E-state index contributed by atoms with van der Waals surface area (Å²) in [6, 6.07) is 0. The minimum Gasteiger partial charge on any atom is -0.393 e. The van der Waals surface area contributed by atoms with E-state index in [-0.39, 0.29) is 16.9 Å². The fraction of sp³-hybridized carbons (Fsp3) is 0.773. The maximum absolute atomic E-state index is 11.9. The highest BCUT2D eigenvalue weighted by Gasteiger charge is 2.61. The second-order valence-electron chi connectivity index (χ2n) is 9.64. The highest BCUT2D eigenvalue weighted by atomic mass is 16.3. The van der Waals surface area contributed by atoms with Gasteiger partial charge in [0, 0.05) is 6.42 Å². The molecule has 3 fully saturated rings. The van der Waals surface area contributed by atoms with Gasteiger partial charge in [-0.3, -0.25) is 4.79 Å². The highest BCUT2D eigenvalue weighted by molar-refractivity contribution is 5.91. The minimum absolute atomic E-state index is 0.0406. The molecule has 0 heterocycles. The SMILES string of the molecule is C=C(C)[C@H]1CC[C@H]2[C@@H]3CCC4=CC(=O)CC[C@]4(C)[C@H]3C(O)C[C@]12C. The number of carbonyl (C=O) groups is 1. The molecule has 7 atom stereocenters. The predicted octanol–water partition coefficient (Wildman–Crippen LogP) is 4.68. The van der Waals surface area contributed by atoms with Gasteiger partial charge >= 0.3 is 0 Å². The van der Waals surface area contributed by atoms with Crippen LogP contribution in [0.5, 0.6) is 0 Å². The van der Waals surface area contributed by atoms with Gasteiger partial charge in [0.25, 0.3) is 0 Å². The van der Waals surface area contributed by atoms with Gasteiger partial charge in [0.05, 0.1) is 6.10 Å². The van der Waals surface area contributed by atoms with Crippen molar-refractivity contribution < 1.29 is 9.90 Å². The van der Waals surface area contributed by atoms with Crippen molar-refractivity contribution in [3.8, 4) is 0 Å². The van der Waals surface area contributed by atoms with Crippen LogP contribution < -0.4 is 0 Å². The molecule has 2 nitrogen and oxygen atoms in total. The van der Waals surface area contributed by atoms with Crippen LogP contribution in [0.15, 0.2) is 23.8 Å². The molecular formula is C22H32O2. The predicted molar refractivity (Wildman–Crippen MR) is 96.4 cm³/mol. The molecule has 0 aromatic heterocycles. The molecule has 132 valence electrons. The number of rotatable bonds is 1. The van der Waals surface area contributed by atoms with Gasteiger partial charge in [0.2, 0.25) is 0 Å². The monoisotopic (exact) mass is 328 g/mol. The van der Waals surface area contributed by atoms with Gasteiger partial charge < -0.3 is 5.11 Å². The van der Waals surface area contributed by atoms with Crippen LogP contribution in [0, 0.1) is 34.5 Å². The lowest BCUT2D eigenvalue weighted by Gasteiger charge is -2.60. The molecule has 0 aromatic rings. The second kappa shape index (κ2) is 5.30. The van der Waals surface area contributed by atoms with Gasteiger partial charge in [-0.05, 0) is 86.0 Å². The van der Waals surface area contributed by atoms with Gasteiger partial charge in [0.15, 0.2) is 5.78 Å². The van der Waals surface area contributed by atoms with Crippen molar-refractivity contribution in [1.82, 2.24) is 0 Å². The Morgan fingerprint density at radius 2 is 2.00 bits per heavy atom. The average molecular weight is 328 g/mol.